The third-order valence-corrected chi connectivity index (χ3v) is 2.80. The first-order valence-corrected chi connectivity index (χ1v) is 6.37. The number of benzene rings is 2. The molecule has 2 aromatic carbocycles. The number of hydrogen-bond donors (Lipinski definition) is 2. The molecule has 4 heteroatoms. The zero-order chi connectivity index (χ0) is 14.4. The molecular weight excluding hydrogens is 254 g/mol. The predicted octanol–water partition coefficient (Wildman–Crippen LogP) is 3.07. The van der Waals surface area contributed by atoms with Crippen LogP contribution >= 0.6 is 0 Å². The zero-order valence-corrected chi connectivity index (χ0v) is 11.3. The van der Waals surface area contributed by atoms with Crippen LogP contribution in [0.5, 0.6) is 5.75 Å². The largest absolute Gasteiger partial charge is 0.489 e. The van der Waals surface area contributed by atoms with Gasteiger partial charge in [0.1, 0.15) is 18.9 Å². The first-order chi connectivity index (χ1) is 9.63. The summed E-state index contributed by atoms with van der Waals surface area (Å²) in [6, 6.07) is 15.4. The van der Waals surface area contributed by atoms with Crippen molar-refractivity contribution < 1.29 is 14.6 Å². The van der Waals surface area contributed by atoms with Crippen LogP contribution in [0, 0.1) is 6.92 Å². The van der Waals surface area contributed by atoms with Crippen LogP contribution in [-0.4, -0.2) is 17.6 Å². The van der Waals surface area contributed by atoms with Gasteiger partial charge in [-0.05, 0) is 36.8 Å². The van der Waals surface area contributed by atoms with Gasteiger partial charge in [0.15, 0.2) is 0 Å². The van der Waals surface area contributed by atoms with Crippen LogP contribution in [0.3, 0.4) is 0 Å². The maximum absolute atomic E-state index is 10.5. The van der Waals surface area contributed by atoms with Gasteiger partial charge in [0.2, 0.25) is 0 Å². The number of rotatable bonds is 6. The van der Waals surface area contributed by atoms with Crippen LogP contribution in [0.25, 0.3) is 0 Å². The average molecular weight is 271 g/mol. The standard InChI is InChI=1S/C16H17NO3/c1-12-5-7-15(8-6-12)20-11-13-3-2-4-14(9-13)17-10-16(18)19/h2-9,17H,10-11H2,1H3,(H,18,19). The van der Waals surface area contributed by atoms with E-state index in [-0.39, 0.29) is 6.54 Å². The van der Waals surface area contributed by atoms with Gasteiger partial charge >= 0.3 is 5.97 Å². The normalized spacial score (nSPS) is 10.1. The number of ether oxygens (including phenoxy) is 1. The molecule has 0 unspecified atom stereocenters. The molecule has 20 heavy (non-hydrogen) atoms. The van der Waals surface area contributed by atoms with Crippen molar-refractivity contribution in [3.05, 3.63) is 59.7 Å². The number of hydrogen-bond acceptors (Lipinski definition) is 3. The smallest absolute Gasteiger partial charge is 0.322 e. The van der Waals surface area contributed by atoms with E-state index in [0.29, 0.717) is 6.61 Å². The van der Waals surface area contributed by atoms with E-state index < -0.39 is 5.97 Å². The molecule has 104 valence electrons. The van der Waals surface area contributed by atoms with Gasteiger partial charge in [0, 0.05) is 5.69 Å². The van der Waals surface area contributed by atoms with Crippen LogP contribution in [-0.2, 0) is 11.4 Å². The number of aliphatic carboxylic acids is 1. The Morgan fingerprint density at radius 1 is 1.20 bits per heavy atom. The van der Waals surface area contributed by atoms with Crippen LogP contribution in [0.4, 0.5) is 5.69 Å². The highest BCUT2D eigenvalue weighted by Crippen LogP contribution is 2.15. The monoisotopic (exact) mass is 271 g/mol. The number of carboxylic acid groups (broad SMARTS) is 1. The Hall–Kier alpha value is -2.49. The lowest BCUT2D eigenvalue weighted by atomic mass is 10.2. The van der Waals surface area contributed by atoms with E-state index in [1.165, 1.54) is 5.56 Å². The van der Waals surface area contributed by atoms with Crippen LogP contribution < -0.4 is 10.1 Å². The fourth-order valence-corrected chi connectivity index (χ4v) is 1.75. The van der Waals surface area contributed by atoms with Crippen molar-refractivity contribution in [3.63, 3.8) is 0 Å². The molecule has 0 spiro atoms. The Bertz CT molecular complexity index is 579. The van der Waals surface area contributed by atoms with E-state index in [2.05, 4.69) is 5.32 Å². The first-order valence-electron chi connectivity index (χ1n) is 6.37. The number of carbonyl (C=O) groups is 1. The van der Waals surface area contributed by atoms with Crippen LogP contribution in [0.2, 0.25) is 0 Å². The maximum Gasteiger partial charge on any atom is 0.322 e. The highest BCUT2D eigenvalue weighted by atomic mass is 16.5. The highest BCUT2D eigenvalue weighted by Gasteiger charge is 2.00. The molecule has 0 aliphatic carbocycles. The van der Waals surface area contributed by atoms with Crippen molar-refractivity contribution in [1.82, 2.24) is 0 Å². The van der Waals surface area contributed by atoms with Crippen LogP contribution in [0.15, 0.2) is 48.5 Å². The Labute approximate surface area is 118 Å². The summed E-state index contributed by atoms with van der Waals surface area (Å²) in [4.78, 5) is 10.5. The summed E-state index contributed by atoms with van der Waals surface area (Å²) in [5.41, 5.74) is 2.95. The summed E-state index contributed by atoms with van der Waals surface area (Å²) in [6.07, 6.45) is 0. The molecule has 2 rings (SSSR count). The Kier molecular flexibility index (Phi) is 4.60. The predicted molar refractivity (Wildman–Crippen MR) is 78.1 cm³/mol. The first kappa shape index (κ1) is 13.9. The van der Waals surface area contributed by atoms with Gasteiger partial charge in [-0.25, -0.2) is 0 Å². The van der Waals surface area contributed by atoms with Gasteiger partial charge in [0.25, 0.3) is 0 Å². The third-order valence-electron chi connectivity index (χ3n) is 2.80. The lowest BCUT2D eigenvalue weighted by Crippen LogP contribution is -2.12. The van der Waals surface area contributed by atoms with Gasteiger partial charge in [-0.2, -0.15) is 0 Å². The van der Waals surface area contributed by atoms with Crippen molar-refractivity contribution >= 4 is 11.7 Å². The molecule has 0 saturated heterocycles. The lowest BCUT2D eigenvalue weighted by molar-refractivity contribution is -0.134. The summed E-state index contributed by atoms with van der Waals surface area (Å²) in [6.45, 7) is 2.38. The van der Waals surface area contributed by atoms with E-state index in [1.54, 1.807) is 0 Å². The number of carboxylic acids is 1. The molecule has 2 aromatic rings. The highest BCUT2D eigenvalue weighted by molar-refractivity contribution is 5.72. The summed E-state index contributed by atoms with van der Waals surface area (Å²) >= 11 is 0. The zero-order valence-electron chi connectivity index (χ0n) is 11.3. The summed E-state index contributed by atoms with van der Waals surface area (Å²) in [5.74, 6) is -0.0641. The fraction of sp³-hybridized carbons (Fsp3) is 0.188. The molecule has 0 amide bonds. The second kappa shape index (κ2) is 6.61. The summed E-state index contributed by atoms with van der Waals surface area (Å²) < 4.78 is 5.68. The molecular formula is C16H17NO3. The molecule has 0 heterocycles. The number of nitrogens with one attached hydrogen (secondary N) is 1. The van der Waals surface area contributed by atoms with Gasteiger partial charge in [-0.3, -0.25) is 4.79 Å². The van der Waals surface area contributed by atoms with E-state index in [1.807, 2.05) is 55.5 Å². The van der Waals surface area contributed by atoms with Gasteiger partial charge < -0.3 is 15.2 Å². The number of aryl methyl sites for hydroxylation is 1. The summed E-state index contributed by atoms with van der Waals surface area (Å²) in [5, 5.41) is 11.5. The number of anilines is 1. The van der Waals surface area contributed by atoms with Crippen LogP contribution in [0.1, 0.15) is 11.1 Å². The second-order valence-corrected chi connectivity index (χ2v) is 4.55. The molecule has 2 N–H and O–H groups in total. The molecule has 0 bridgehead atoms. The summed E-state index contributed by atoms with van der Waals surface area (Å²) in [7, 11) is 0. The van der Waals surface area contributed by atoms with Gasteiger partial charge in [-0.15, -0.1) is 0 Å². The van der Waals surface area contributed by atoms with E-state index in [9.17, 15) is 4.79 Å². The van der Waals surface area contributed by atoms with Crippen molar-refractivity contribution in [2.45, 2.75) is 13.5 Å². The lowest BCUT2D eigenvalue weighted by Gasteiger charge is -2.09. The van der Waals surface area contributed by atoms with Crippen molar-refractivity contribution in [3.8, 4) is 5.75 Å². The maximum atomic E-state index is 10.5. The van der Waals surface area contributed by atoms with E-state index >= 15 is 0 Å². The topological polar surface area (TPSA) is 58.6 Å². The SMILES string of the molecule is Cc1ccc(OCc2cccc(NCC(=O)O)c2)cc1. The molecule has 4 nitrogen and oxygen atoms in total. The van der Waals surface area contributed by atoms with E-state index in [4.69, 9.17) is 9.84 Å². The molecule has 0 aliphatic heterocycles. The molecule has 0 radical (unpaired) electrons. The minimum atomic E-state index is -0.883. The Balaban J connectivity index is 1.94. The molecule has 0 saturated carbocycles. The quantitative estimate of drug-likeness (QED) is 0.847. The minimum absolute atomic E-state index is 0.0950. The van der Waals surface area contributed by atoms with Crippen molar-refractivity contribution in [2.24, 2.45) is 0 Å². The Morgan fingerprint density at radius 3 is 2.65 bits per heavy atom. The van der Waals surface area contributed by atoms with Crippen molar-refractivity contribution in [2.75, 3.05) is 11.9 Å². The Morgan fingerprint density at radius 2 is 1.95 bits per heavy atom. The third kappa shape index (κ3) is 4.31. The van der Waals surface area contributed by atoms with Gasteiger partial charge in [0.05, 0.1) is 0 Å². The molecule has 0 aliphatic rings. The molecule has 0 fully saturated rings. The second-order valence-electron chi connectivity index (χ2n) is 4.55. The molecule has 0 aromatic heterocycles. The van der Waals surface area contributed by atoms with Gasteiger partial charge in [-0.1, -0.05) is 29.8 Å². The fourth-order valence-electron chi connectivity index (χ4n) is 1.75. The van der Waals surface area contributed by atoms with Crippen molar-refractivity contribution in [1.29, 1.82) is 0 Å². The minimum Gasteiger partial charge on any atom is -0.489 e. The molecule has 0 atom stereocenters. The van der Waals surface area contributed by atoms with E-state index in [0.717, 1.165) is 17.0 Å². The average Bonchev–Trinajstić information content (AvgIpc) is 2.45.